The number of unbranched alkanes of at least 4 members (excludes halogenated alkanes) is 7. The maximum atomic E-state index is 4.24. The van der Waals surface area contributed by atoms with E-state index in [0.717, 1.165) is 19.3 Å². The van der Waals surface area contributed by atoms with Crippen molar-refractivity contribution in [2.75, 3.05) is 0 Å². The zero-order valence-electron chi connectivity index (χ0n) is 14.1. The van der Waals surface area contributed by atoms with Gasteiger partial charge in [-0.1, -0.05) is 77.4 Å². The second-order valence-electron chi connectivity index (χ2n) is 5.58. The van der Waals surface area contributed by atoms with E-state index < -0.39 is 0 Å². The van der Waals surface area contributed by atoms with Gasteiger partial charge in [0.2, 0.25) is 0 Å². The summed E-state index contributed by atoms with van der Waals surface area (Å²) < 4.78 is 0. The number of hydrogen-bond donors (Lipinski definition) is 0. The van der Waals surface area contributed by atoms with Crippen LogP contribution in [0.2, 0.25) is 0 Å². The van der Waals surface area contributed by atoms with Crippen molar-refractivity contribution in [2.24, 2.45) is 0 Å². The van der Waals surface area contributed by atoms with Crippen molar-refractivity contribution in [3.05, 3.63) is 23.8 Å². The second-order valence-corrected chi connectivity index (χ2v) is 5.58. The van der Waals surface area contributed by atoms with Gasteiger partial charge in [0.15, 0.2) is 0 Å². The maximum Gasteiger partial charge on any atom is 0.0231 e. The Labute approximate surface area is 127 Å². The van der Waals surface area contributed by atoms with Crippen LogP contribution in [0.1, 0.15) is 91.4 Å². The zero-order valence-corrected chi connectivity index (χ0v) is 14.1. The largest absolute Gasteiger partial charge is 0.0979 e. The quantitative estimate of drug-likeness (QED) is 0.220. The molecular weight excluding hydrogens is 240 g/mol. The van der Waals surface area contributed by atoms with Gasteiger partial charge in [0, 0.05) is 12.0 Å². The van der Waals surface area contributed by atoms with Crippen LogP contribution in [-0.2, 0) is 0 Å². The fourth-order valence-corrected chi connectivity index (χ4v) is 2.05. The number of rotatable bonds is 11. The Morgan fingerprint density at radius 1 is 0.900 bits per heavy atom. The molecule has 0 spiro atoms. The number of hydrogen-bond acceptors (Lipinski definition) is 0. The topological polar surface area (TPSA) is 0 Å². The highest BCUT2D eigenvalue weighted by Crippen LogP contribution is 2.16. The minimum absolute atomic E-state index is 1.02. The summed E-state index contributed by atoms with van der Waals surface area (Å²) in [6.45, 7) is 10.9. The standard InChI is InChI=1S/C20H34/c1-5-8-11-13-15-18-20(17-14-12-9-6-2)19(4)16-10-7-3/h18H,4-13,15-16H2,1-3H3/b20-18-. The predicted molar refractivity (Wildman–Crippen MR) is 92.8 cm³/mol. The molecule has 0 heterocycles. The Morgan fingerprint density at radius 2 is 1.60 bits per heavy atom. The van der Waals surface area contributed by atoms with Gasteiger partial charge >= 0.3 is 0 Å². The predicted octanol–water partition coefficient (Wildman–Crippen LogP) is 6.82. The van der Waals surface area contributed by atoms with Gasteiger partial charge in [-0.15, -0.1) is 0 Å². The van der Waals surface area contributed by atoms with Crippen LogP contribution in [0.15, 0.2) is 23.8 Å². The molecule has 0 unspecified atom stereocenters. The van der Waals surface area contributed by atoms with Gasteiger partial charge in [0.1, 0.15) is 0 Å². The van der Waals surface area contributed by atoms with E-state index in [0.29, 0.717) is 0 Å². The molecule has 0 bridgehead atoms. The highest BCUT2D eigenvalue weighted by molar-refractivity contribution is 5.44. The molecule has 0 saturated heterocycles. The molecule has 0 radical (unpaired) electrons. The van der Waals surface area contributed by atoms with Crippen LogP contribution in [-0.4, -0.2) is 0 Å². The summed E-state index contributed by atoms with van der Waals surface area (Å²) in [5.74, 6) is 6.68. The van der Waals surface area contributed by atoms with Gasteiger partial charge in [0.05, 0.1) is 0 Å². The van der Waals surface area contributed by atoms with Crippen molar-refractivity contribution in [3.8, 4) is 11.8 Å². The van der Waals surface area contributed by atoms with Gasteiger partial charge in [-0.3, -0.25) is 0 Å². The molecular formula is C20H34. The fourth-order valence-electron chi connectivity index (χ4n) is 2.05. The van der Waals surface area contributed by atoms with Gasteiger partial charge in [-0.25, -0.2) is 0 Å². The molecule has 0 N–H and O–H groups in total. The first kappa shape index (κ1) is 19.0. The number of allylic oxidation sites excluding steroid dienone is 3. The Hall–Kier alpha value is -0.960. The van der Waals surface area contributed by atoms with Crippen LogP contribution in [0, 0.1) is 11.8 Å². The van der Waals surface area contributed by atoms with E-state index in [1.165, 1.54) is 62.5 Å². The average molecular weight is 274 g/mol. The molecule has 0 aliphatic rings. The van der Waals surface area contributed by atoms with E-state index in [1.54, 1.807) is 0 Å². The molecule has 0 amide bonds. The van der Waals surface area contributed by atoms with E-state index in [4.69, 9.17) is 0 Å². The average Bonchev–Trinajstić information content (AvgIpc) is 2.46. The van der Waals surface area contributed by atoms with Crippen LogP contribution < -0.4 is 0 Å². The minimum Gasteiger partial charge on any atom is -0.0979 e. The molecule has 0 rings (SSSR count). The molecule has 0 aromatic heterocycles. The highest BCUT2D eigenvalue weighted by Gasteiger charge is 1.99. The summed E-state index contributed by atoms with van der Waals surface area (Å²) in [5, 5.41) is 0. The summed E-state index contributed by atoms with van der Waals surface area (Å²) in [6.07, 6.45) is 15.8. The molecule has 0 aromatic rings. The summed E-state index contributed by atoms with van der Waals surface area (Å²) in [7, 11) is 0. The van der Waals surface area contributed by atoms with Gasteiger partial charge in [0.25, 0.3) is 0 Å². The monoisotopic (exact) mass is 274 g/mol. The lowest BCUT2D eigenvalue weighted by atomic mass is 10.00. The van der Waals surface area contributed by atoms with Crippen molar-refractivity contribution in [1.29, 1.82) is 0 Å². The molecule has 114 valence electrons. The Morgan fingerprint density at radius 3 is 2.25 bits per heavy atom. The van der Waals surface area contributed by atoms with E-state index in [-0.39, 0.29) is 0 Å². The summed E-state index contributed by atoms with van der Waals surface area (Å²) in [4.78, 5) is 0. The molecule has 0 atom stereocenters. The molecule has 0 aliphatic carbocycles. The van der Waals surface area contributed by atoms with Crippen molar-refractivity contribution < 1.29 is 0 Å². The highest BCUT2D eigenvalue weighted by atomic mass is 14.0. The molecule has 20 heavy (non-hydrogen) atoms. The van der Waals surface area contributed by atoms with Crippen LogP contribution in [0.3, 0.4) is 0 Å². The van der Waals surface area contributed by atoms with Gasteiger partial charge in [-0.2, -0.15) is 0 Å². The molecule has 0 aliphatic heterocycles. The lowest BCUT2D eigenvalue weighted by Crippen LogP contribution is -1.88. The fraction of sp³-hybridized carbons (Fsp3) is 0.700. The van der Waals surface area contributed by atoms with Crippen LogP contribution >= 0.6 is 0 Å². The van der Waals surface area contributed by atoms with Crippen molar-refractivity contribution in [2.45, 2.75) is 91.4 Å². The van der Waals surface area contributed by atoms with E-state index >= 15 is 0 Å². The summed E-state index contributed by atoms with van der Waals surface area (Å²) in [5.41, 5.74) is 2.46. The maximum absolute atomic E-state index is 4.24. The van der Waals surface area contributed by atoms with Gasteiger partial charge < -0.3 is 0 Å². The Kier molecular flexibility index (Phi) is 13.8. The third kappa shape index (κ3) is 10.9. The molecule has 0 nitrogen and oxygen atoms in total. The molecule has 0 heteroatoms. The van der Waals surface area contributed by atoms with Gasteiger partial charge in [-0.05, 0) is 37.7 Å². The first-order chi connectivity index (χ1) is 9.76. The molecule has 0 fully saturated rings. The van der Waals surface area contributed by atoms with E-state index in [2.05, 4.69) is 45.3 Å². The van der Waals surface area contributed by atoms with Crippen molar-refractivity contribution >= 4 is 0 Å². The minimum atomic E-state index is 1.02. The lowest BCUT2D eigenvalue weighted by molar-refractivity contribution is 0.673. The van der Waals surface area contributed by atoms with Crippen LogP contribution in [0.5, 0.6) is 0 Å². The lowest BCUT2D eigenvalue weighted by Gasteiger charge is -2.05. The van der Waals surface area contributed by atoms with Crippen LogP contribution in [0.4, 0.5) is 0 Å². The van der Waals surface area contributed by atoms with Crippen molar-refractivity contribution in [3.63, 3.8) is 0 Å². The van der Waals surface area contributed by atoms with Crippen molar-refractivity contribution in [1.82, 2.24) is 0 Å². The first-order valence-electron chi connectivity index (χ1n) is 8.63. The smallest absolute Gasteiger partial charge is 0.0231 e. The van der Waals surface area contributed by atoms with E-state index in [1.807, 2.05) is 0 Å². The third-order valence-electron chi connectivity index (χ3n) is 3.50. The third-order valence-corrected chi connectivity index (χ3v) is 3.50. The summed E-state index contributed by atoms with van der Waals surface area (Å²) >= 11 is 0. The zero-order chi connectivity index (χ0) is 15.1. The second kappa shape index (κ2) is 14.4. The first-order valence-corrected chi connectivity index (χ1v) is 8.63. The Balaban J connectivity index is 4.38. The summed E-state index contributed by atoms with van der Waals surface area (Å²) in [6, 6.07) is 0. The molecule has 0 saturated carbocycles. The van der Waals surface area contributed by atoms with Crippen LogP contribution in [0.25, 0.3) is 0 Å². The molecule has 0 aromatic carbocycles. The normalized spacial score (nSPS) is 11.1. The SMILES string of the molecule is C=C(CCCC)/C(C#CCCCC)=C\CCCCCC. The Bertz CT molecular complexity index is 322. The van der Waals surface area contributed by atoms with E-state index in [9.17, 15) is 0 Å².